The van der Waals surface area contributed by atoms with E-state index in [1.807, 2.05) is 24.0 Å². The van der Waals surface area contributed by atoms with Crippen molar-refractivity contribution in [1.29, 1.82) is 0 Å². The molecule has 0 aliphatic heterocycles. The minimum atomic E-state index is 0.491. The quantitative estimate of drug-likeness (QED) is 0.894. The van der Waals surface area contributed by atoms with Gasteiger partial charge in [-0.3, -0.25) is 0 Å². The third kappa shape index (κ3) is 3.68. The van der Waals surface area contributed by atoms with Crippen LogP contribution in [0.25, 0.3) is 0 Å². The van der Waals surface area contributed by atoms with Gasteiger partial charge in [0.25, 0.3) is 0 Å². The van der Waals surface area contributed by atoms with E-state index in [9.17, 15) is 0 Å². The number of aromatic nitrogens is 1. The number of thioether (sulfide) groups is 1. The van der Waals surface area contributed by atoms with E-state index >= 15 is 0 Å². The molecule has 0 amide bonds. The summed E-state index contributed by atoms with van der Waals surface area (Å²) in [5, 5.41) is 3.46. The summed E-state index contributed by atoms with van der Waals surface area (Å²) in [5.41, 5.74) is 1.21. The second kappa shape index (κ2) is 6.38. The van der Waals surface area contributed by atoms with E-state index in [1.165, 1.54) is 5.56 Å². The molecule has 0 aliphatic rings. The maximum absolute atomic E-state index is 4.34. The maximum atomic E-state index is 4.34. The maximum Gasteiger partial charge on any atom is 0.140 e. The van der Waals surface area contributed by atoms with Crippen molar-refractivity contribution in [2.24, 2.45) is 0 Å². The summed E-state index contributed by atoms with van der Waals surface area (Å²) in [7, 11) is 0. The van der Waals surface area contributed by atoms with Crippen LogP contribution >= 0.6 is 27.7 Å². The molecule has 0 fully saturated rings. The van der Waals surface area contributed by atoms with Crippen LogP contribution in [-0.2, 0) is 0 Å². The van der Waals surface area contributed by atoms with Crippen molar-refractivity contribution in [3.05, 3.63) is 22.3 Å². The molecular weight excluding hydrogens is 272 g/mol. The van der Waals surface area contributed by atoms with Gasteiger partial charge in [0.05, 0.1) is 4.47 Å². The highest BCUT2D eigenvalue weighted by Crippen LogP contribution is 2.24. The molecule has 1 unspecified atom stereocenters. The van der Waals surface area contributed by atoms with Crippen LogP contribution in [0.2, 0.25) is 0 Å². The fourth-order valence-electron chi connectivity index (χ4n) is 1.30. The topological polar surface area (TPSA) is 24.9 Å². The molecule has 1 N–H and O–H groups in total. The van der Waals surface area contributed by atoms with Crippen LogP contribution in [-0.4, -0.2) is 23.0 Å². The molecule has 15 heavy (non-hydrogen) atoms. The SMILES string of the molecule is CCC(CSC)Nc1nccc(C)c1Br. The first-order valence-corrected chi connectivity index (χ1v) is 7.24. The Balaban J connectivity index is 2.74. The standard InChI is InChI=1S/C11H17BrN2S/c1-4-9(7-15-3)14-11-10(12)8(2)5-6-13-11/h5-6,9H,4,7H2,1-3H3,(H,13,14). The highest BCUT2D eigenvalue weighted by molar-refractivity contribution is 9.10. The number of halogens is 1. The van der Waals surface area contributed by atoms with Gasteiger partial charge in [0, 0.05) is 18.0 Å². The molecule has 0 bridgehead atoms. The lowest BCUT2D eigenvalue weighted by Gasteiger charge is -2.17. The Hall–Kier alpha value is -0.220. The molecule has 1 heterocycles. The van der Waals surface area contributed by atoms with Gasteiger partial charge in [-0.15, -0.1) is 0 Å². The fourth-order valence-corrected chi connectivity index (χ4v) is 2.37. The highest BCUT2D eigenvalue weighted by Gasteiger charge is 2.09. The average Bonchev–Trinajstić information content (AvgIpc) is 2.24. The van der Waals surface area contributed by atoms with Gasteiger partial charge in [-0.1, -0.05) is 6.92 Å². The molecule has 0 saturated heterocycles. The lowest BCUT2D eigenvalue weighted by atomic mass is 10.2. The van der Waals surface area contributed by atoms with E-state index in [0.717, 1.165) is 22.5 Å². The van der Waals surface area contributed by atoms with Crippen LogP contribution < -0.4 is 5.32 Å². The van der Waals surface area contributed by atoms with Gasteiger partial charge in [-0.2, -0.15) is 11.8 Å². The van der Waals surface area contributed by atoms with Gasteiger partial charge < -0.3 is 5.32 Å². The van der Waals surface area contributed by atoms with Gasteiger partial charge in [0.1, 0.15) is 5.82 Å². The first-order chi connectivity index (χ1) is 7.19. The molecule has 0 aromatic carbocycles. The van der Waals surface area contributed by atoms with Crippen LogP contribution in [0.1, 0.15) is 18.9 Å². The molecule has 1 atom stereocenters. The smallest absolute Gasteiger partial charge is 0.140 e. The third-order valence-electron chi connectivity index (χ3n) is 2.28. The zero-order valence-electron chi connectivity index (χ0n) is 9.38. The second-order valence-corrected chi connectivity index (χ2v) is 5.20. The minimum Gasteiger partial charge on any atom is -0.366 e. The predicted molar refractivity (Wildman–Crippen MR) is 72.8 cm³/mol. The molecule has 1 aromatic heterocycles. The zero-order chi connectivity index (χ0) is 11.3. The number of rotatable bonds is 5. The van der Waals surface area contributed by atoms with E-state index in [1.54, 1.807) is 0 Å². The highest BCUT2D eigenvalue weighted by atomic mass is 79.9. The third-order valence-corrected chi connectivity index (χ3v) is 4.02. The summed E-state index contributed by atoms with van der Waals surface area (Å²) in [5.74, 6) is 2.06. The summed E-state index contributed by atoms with van der Waals surface area (Å²) in [4.78, 5) is 4.34. The molecule has 2 nitrogen and oxygen atoms in total. The molecule has 0 aliphatic carbocycles. The van der Waals surface area contributed by atoms with Gasteiger partial charge in [-0.25, -0.2) is 4.98 Å². The van der Waals surface area contributed by atoms with Crippen LogP contribution in [0.5, 0.6) is 0 Å². The predicted octanol–water partition coefficient (Wildman–Crippen LogP) is 3.71. The van der Waals surface area contributed by atoms with E-state index < -0.39 is 0 Å². The Morgan fingerprint density at radius 2 is 2.33 bits per heavy atom. The Morgan fingerprint density at radius 3 is 2.93 bits per heavy atom. The van der Waals surface area contributed by atoms with Crippen LogP contribution in [0.4, 0.5) is 5.82 Å². The van der Waals surface area contributed by atoms with Crippen molar-refractivity contribution < 1.29 is 0 Å². The Kier molecular flexibility index (Phi) is 5.47. The number of hydrogen-bond donors (Lipinski definition) is 1. The number of aryl methyl sites for hydroxylation is 1. The summed E-state index contributed by atoms with van der Waals surface area (Å²) in [6, 6.07) is 2.50. The number of nitrogens with one attached hydrogen (secondary N) is 1. The van der Waals surface area contributed by atoms with Gasteiger partial charge in [0.15, 0.2) is 0 Å². The lowest BCUT2D eigenvalue weighted by molar-refractivity contribution is 0.769. The Morgan fingerprint density at radius 1 is 1.60 bits per heavy atom. The number of anilines is 1. The Bertz CT molecular complexity index is 317. The van der Waals surface area contributed by atoms with Crippen LogP contribution in [0, 0.1) is 6.92 Å². The van der Waals surface area contributed by atoms with Crippen molar-refractivity contribution in [3.8, 4) is 0 Å². The normalized spacial score (nSPS) is 12.5. The molecule has 84 valence electrons. The Labute approximate surface area is 104 Å². The van der Waals surface area contributed by atoms with Gasteiger partial charge >= 0.3 is 0 Å². The van der Waals surface area contributed by atoms with Crippen molar-refractivity contribution in [3.63, 3.8) is 0 Å². The second-order valence-electron chi connectivity index (χ2n) is 3.50. The molecular formula is C11H17BrN2S. The molecule has 0 spiro atoms. The van der Waals surface area contributed by atoms with E-state index in [0.29, 0.717) is 6.04 Å². The largest absolute Gasteiger partial charge is 0.366 e. The molecule has 4 heteroatoms. The lowest BCUT2D eigenvalue weighted by Crippen LogP contribution is -2.22. The first-order valence-electron chi connectivity index (χ1n) is 5.05. The molecule has 1 rings (SSSR count). The van der Waals surface area contributed by atoms with Crippen molar-refractivity contribution in [1.82, 2.24) is 4.98 Å². The van der Waals surface area contributed by atoms with Crippen LogP contribution in [0.3, 0.4) is 0 Å². The van der Waals surface area contributed by atoms with E-state index in [2.05, 4.69) is 46.3 Å². The minimum absolute atomic E-state index is 0.491. The molecule has 0 radical (unpaired) electrons. The summed E-state index contributed by atoms with van der Waals surface area (Å²) in [6.07, 6.45) is 5.08. The van der Waals surface area contributed by atoms with Crippen molar-refractivity contribution in [2.75, 3.05) is 17.3 Å². The van der Waals surface area contributed by atoms with Crippen molar-refractivity contribution >= 4 is 33.5 Å². The van der Waals surface area contributed by atoms with Gasteiger partial charge in [-0.05, 0) is 47.2 Å². The van der Waals surface area contributed by atoms with Crippen LogP contribution in [0.15, 0.2) is 16.7 Å². The first kappa shape index (κ1) is 12.8. The molecule has 0 saturated carbocycles. The van der Waals surface area contributed by atoms with Crippen molar-refractivity contribution in [2.45, 2.75) is 26.3 Å². The van der Waals surface area contributed by atoms with E-state index in [4.69, 9.17) is 0 Å². The monoisotopic (exact) mass is 288 g/mol. The van der Waals surface area contributed by atoms with E-state index in [-0.39, 0.29) is 0 Å². The number of nitrogens with zero attached hydrogens (tertiary/aromatic N) is 1. The summed E-state index contributed by atoms with van der Waals surface area (Å²) < 4.78 is 1.07. The zero-order valence-corrected chi connectivity index (χ0v) is 11.8. The summed E-state index contributed by atoms with van der Waals surface area (Å²) >= 11 is 5.42. The number of hydrogen-bond acceptors (Lipinski definition) is 3. The van der Waals surface area contributed by atoms with Gasteiger partial charge in [0.2, 0.25) is 0 Å². The fraction of sp³-hybridized carbons (Fsp3) is 0.545. The number of pyridine rings is 1. The average molecular weight is 289 g/mol. The molecule has 1 aromatic rings. The summed E-state index contributed by atoms with van der Waals surface area (Å²) in [6.45, 7) is 4.27.